The zero-order valence-corrected chi connectivity index (χ0v) is 20.9. The van der Waals surface area contributed by atoms with Crippen LogP contribution in [0.3, 0.4) is 0 Å². The largest absolute Gasteiger partial charge is 0.381 e. The highest BCUT2D eigenvalue weighted by Crippen LogP contribution is 2.21. The molecule has 8 heteroatoms. The lowest BCUT2D eigenvalue weighted by atomic mass is 10.1. The fourth-order valence-electron chi connectivity index (χ4n) is 3.72. The number of aliphatic imine (C=N–C) groups is 1. The molecule has 0 radical (unpaired) electrons. The van der Waals surface area contributed by atoms with Crippen molar-refractivity contribution in [3.05, 3.63) is 29.8 Å². The molecule has 2 N–H and O–H groups in total. The van der Waals surface area contributed by atoms with Gasteiger partial charge in [0.15, 0.2) is 5.96 Å². The molecule has 1 unspecified atom stereocenters. The Bertz CT molecular complexity index is 678. The summed E-state index contributed by atoms with van der Waals surface area (Å²) in [6, 6.07) is 8.18. The maximum Gasteiger partial charge on any atom is 0.226 e. The van der Waals surface area contributed by atoms with E-state index in [2.05, 4.69) is 34.7 Å². The van der Waals surface area contributed by atoms with Crippen molar-refractivity contribution in [3.63, 3.8) is 0 Å². The van der Waals surface area contributed by atoms with Gasteiger partial charge in [0, 0.05) is 50.9 Å². The van der Waals surface area contributed by atoms with Gasteiger partial charge in [-0.2, -0.15) is 0 Å². The number of carbonyl (C=O) groups excluding carboxylic acids is 1. The van der Waals surface area contributed by atoms with Gasteiger partial charge in [0.2, 0.25) is 5.91 Å². The number of carbonyl (C=O) groups is 1. The molecule has 31 heavy (non-hydrogen) atoms. The molecule has 1 aromatic carbocycles. The van der Waals surface area contributed by atoms with Gasteiger partial charge in [-0.05, 0) is 50.3 Å². The summed E-state index contributed by atoms with van der Waals surface area (Å²) in [6.45, 7) is 8.39. The summed E-state index contributed by atoms with van der Waals surface area (Å²) in [5, 5.41) is 6.66. The first-order valence-corrected chi connectivity index (χ1v) is 11.3. The van der Waals surface area contributed by atoms with Crippen LogP contribution in [0.2, 0.25) is 0 Å². The van der Waals surface area contributed by atoms with Crippen molar-refractivity contribution in [1.29, 1.82) is 0 Å². The molecular formula is C23H37IN4O3. The van der Waals surface area contributed by atoms with Crippen molar-refractivity contribution in [2.24, 2.45) is 10.9 Å². The van der Waals surface area contributed by atoms with Crippen LogP contribution in [0.4, 0.5) is 5.69 Å². The summed E-state index contributed by atoms with van der Waals surface area (Å²) >= 11 is 0. The molecule has 0 aromatic heterocycles. The molecule has 2 fully saturated rings. The minimum Gasteiger partial charge on any atom is -0.381 e. The highest BCUT2D eigenvalue weighted by atomic mass is 127. The second kappa shape index (κ2) is 14.6. The average molecular weight is 544 g/mol. The van der Waals surface area contributed by atoms with Gasteiger partial charge in [-0.1, -0.05) is 12.1 Å². The van der Waals surface area contributed by atoms with Crippen LogP contribution in [0, 0.1) is 5.92 Å². The highest BCUT2D eigenvalue weighted by molar-refractivity contribution is 14.0. The van der Waals surface area contributed by atoms with Gasteiger partial charge in [0.1, 0.15) is 0 Å². The van der Waals surface area contributed by atoms with E-state index >= 15 is 0 Å². The van der Waals surface area contributed by atoms with Gasteiger partial charge >= 0.3 is 0 Å². The Morgan fingerprint density at radius 2 is 2.10 bits per heavy atom. The first-order valence-electron chi connectivity index (χ1n) is 11.3. The second-order valence-corrected chi connectivity index (χ2v) is 7.95. The van der Waals surface area contributed by atoms with Crippen molar-refractivity contribution < 1.29 is 14.3 Å². The van der Waals surface area contributed by atoms with Gasteiger partial charge in [-0.25, -0.2) is 4.99 Å². The number of halogens is 1. The fourth-order valence-corrected chi connectivity index (χ4v) is 3.72. The van der Waals surface area contributed by atoms with Crippen molar-refractivity contribution in [2.75, 3.05) is 51.0 Å². The number of nitrogens with zero attached hydrogens (tertiary/aromatic N) is 2. The van der Waals surface area contributed by atoms with E-state index in [4.69, 9.17) is 9.47 Å². The lowest BCUT2D eigenvalue weighted by Crippen LogP contribution is -2.38. The predicted octanol–water partition coefficient (Wildman–Crippen LogP) is 3.32. The molecule has 2 aliphatic rings. The molecular weight excluding hydrogens is 507 g/mol. The number of guanidine groups is 1. The van der Waals surface area contributed by atoms with Crippen LogP contribution in [0.5, 0.6) is 0 Å². The van der Waals surface area contributed by atoms with E-state index < -0.39 is 0 Å². The van der Waals surface area contributed by atoms with Crippen LogP contribution in [-0.2, 0) is 20.8 Å². The Morgan fingerprint density at radius 3 is 2.81 bits per heavy atom. The first kappa shape index (κ1) is 25.9. The van der Waals surface area contributed by atoms with E-state index in [1.807, 2.05) is 17.0 Å². The van der Waals surface area contributed by atoms with Crippen molar-refractivity contribution in [3.8, 4) is 0 Å². The van der Waals surface area contributed by atoms with Crippen LogP contribution >= 0.6 is 24.0 Å². The maximum atomic E-state index is 12.1. The molecule has 0 bridgehead atoms. The number of amides is 1. The number of hydrogen-bond acceptors (Lipinski definition) is 4. The number of ether oxygens (including phenoxy) is 2. The standard InChI is InChI=1S/C23H36N4O3.HI/c1-2-24-23(25-12-5-14-29-17-20-11-15-30-18-20)26-16-19-7-9-21(10-8-19)27-13-4-3-6-22(27)28;/h7-10,20H,2-6,11-18H2,1H3,(H2,24,25,26);1H. The maximum absolute atomic E-state index is 12.1. The Labute approximate surface area is 203 Å². The molecule has 2 aliphatic heterocycles. The summed E-state index contributed by atoms with van der Waals surface area (Å²) < 4.78 is 11.1. The van der Waals surface area contributed by atoms with Gasteiger partial charge < -0.3 is 25.0 Å². The summed E-state index contributed by atoms with van der Waals surface area (Å²) in [7, 11) is 0. The zero-order valence-electron chi connectivity index (χ0n) is 18.6. The van der Waals surface area contributed by atoms with E-state index in [0.717, 1.165) is 89.0 Å². The van der Waals surface area contributed by atoms with Gasteiger partial charge in [-0.3, -0.25) is 4.79 Å². The fraction of sp³-hybridized carbons (Fsp3) is 0.652. The lowest BCUT2D eigenvalue weighted by molar-refractivity contribution is -0.119. The van der Waals surface area contributed by atoms with Crippen molar-refractivity contribution in [1.82, 2.24) is 10.6 Å². The minimum atomic E-state index is 0. The van der Waals surface area contributed by atoms with Gasteiger partial charge in [0.05, 0.1) is 19.8 Å². The van der Waals surface area contributed by atoms with Crippen LogP contribution in [0.15, 0.2) is 29.3 Å². The number of hydrogen-bond donors (Lipinski definition) is 2. The predicted molar refractivity (Wildman–Crippen MR) is 135 cm³/mol. The first-order chi connectivity index (χ1) is 14.8. The Morgan fingerprint density at radius 1 is 1.26 bits per heavy atom. The molecule has 1 atom stereocenters. The van der Waals surface area contributed by atoms with Crippen LogP contribution in [0.1, 0.15) is 44.6 Å². The number of nitrogens with one attached hydrogen (secondary N) is 2. The molecule has 1 aromatic rings. The molecule has 1 amide bonds. The van der Waals surface area contributed by atoms with Crippen LogP contribution in [-0.4, -0.2) is 57.9 Å². The van der Waals surface area contributed by atoms with E-state index in [1.165, 1.54) is 0 Å². The molecule has 2 heterocycles. The Kier molecular flexibility index (Phi) is 12.2. The minimum absolute atomic E-state index is 0. The summed E-state index contributed by atoms with van der Waals surface area (Å²) in [5.74, 6) is 1.61. The number of rotatable bonds is 10. The third-order valence-corrected chi connectivity index (χ3v) is 5.47. The topological polar surface area (TPSA) is 75.2 Å². The van der Waals surface area contributed by atoms with E-state index in [-0.39, 0.29) is 29.9 Å². The molecule has 174 valence electrons. The van der Waals surface area contributed by atoms with E-state index in [0.29, 0.717) is 18.9 Å². The zero-order chi connectivity index (χ0) is 21.0. The highest BCUT2D eigenvalue weighted by Gasteiger charge is 2.19. The molecule has 0 spiro atoms. The van der Waals surface area contributed by atoms with Crippen LogP contribution < -0.4 is 15.5 Å². The van der Waals surface area contributed by atoms with E-state index in [1.54, 1.807) is 0 Å². The lowest BCUT2D eigenvalue weighted by Gasteiger charge is -2.26. The molecule has 0 aliphatic carbocycles. The van der Waals surface area contributed by atoms with E-state index in [9.17, 15) is 4.79 Å². The number of benzene rings is 1. The second-order valence-electron chi connectivity index (χ2n) is 7.95. The molecule has 0 saturated carbocycles. The summed E-state index contributed by atoms with van der Waals surface area (Å²) in [4.78, 5) is 18.6. The van der Waals surface area contributed by atoms with Crippen molar-refractivity contribution in [2.45, 2.75) is 45.6 Å². The Hall–Kier alpha value is -1.39. The molecule has 7 nitrogen and oxygen atoms in total. The van der Waals surface area contributed by atoms with Crippen molar-refractivity contribution >= 4 is 41.5 Å². The number of piperidine rings is 1. The SMILES string of the molecule is CCNC(=NCc1ccc(N2CCCCC2=O)cc1)NCCCOCC1CCOC1.I. The van der Waals surface area contributed by atoms with Gasteiger partial charge in [-0.15, -0.1) is 24.0 Å². The average Bonchev–Trinajstić information content (AvgIpc) is 3.29. The third kappa shape index (κ3) is 8.94. The number of anilines is 1. The summed E-state index contributed by atoms with van der Waals surface area (Å²) in [6.07, 6.45) is 4.80. The van der Waals surface area contributed by atoms with Gasteiger partial charge in [0.25, 0.3) is 0 Å². The Balaban J connectivity index is 0.00000341. The van der Waals surface area contributed by atoms with Crippen LogP contribution in [0.25, 0.3) is 0 Å². The third-order valence-electron chi connectivity index (χ3n) is 5.47. The smallest absolute Gasteiger partial charge is 0.226 e. The quantitative estimate of drug-likeness (QED) is 0.205. The summed E-state index contributed by atoms with van der Waals surface area (Å²) in [5.41, 5.74) is 2.11. The monoisotopic (exact) mass is 544 g/mol. The molecule has 2 saturated heterocycles. The normalized spacial score (nSPS) is 19.3. The molecule has 3 rings (SSSR count).